The van der Waals surface area contributed by atoms with Gasteiger partial charge in [0, 0.05) is 19.3 Å². The summed E-state index contributed by atoms with van der Waals surface area (Å²) in [5.41, 5.74) is 0. The molecule has 57 heavy (non-hydrogen) atoms. The summed E-state index contributed by atoms with van der Waals surface area (Å²) in [7, 11) is 0. The Hall–Kier alpha value is -1.59. The van der Waals surface area contributed by atoms with Crippen LogP contribution in [0.25, 0.3) is 0 Å². The molecule has 0 bridgehead atoms. The summed E-state index contributed by atoms with van der Waals surface area (Å²) in [6, 6.07) is 0. The van der Waals surface area contributed by atoms with Gasteiger partial charge < -0.3 is 14.2 Å². The van der Waals surface area contributed by atoms with Gasteiger partial charge in [-0.25, -0.2) is 0 Å². The molecule has 0 rings (SSSR count). The molecule has 0 amide bonds. The quantitative estimate of drug-likeness (QED) is 0.0346. The van der Waals surface area contributed by atoms with E-state index < -0.39 is 6.10 Å². The van der Waals surface area contributed by atoms with Gasteiger partial charge in [-0.3, -0.25) is 14.4 Å². The van der Waals surface area contributed by atoms with Crippen molar-refractivity contribution in [3.8, 4) is 0 Å². The number of hydrogen-bond acceptors (Lipinski definition) is 6. The Morgan fingerprint density at radius 1 is 0.333 bits per heavy atom. The van der Waals surface area contributed by atoms with Gasteiger partial charge in [0.15, 0.2) is 6.10 Å². The van der Waals surface area contributed by atoms with Crippen LogP contribution >= 0.6 is 0 Å². The lowest BCUT2D eigenvalue weighted by Crippen LogP contribution is -2.30. The highest BCUT2D eigenvalue weighted by Crippen LogP contribution is 2.17. The average molecular weight is 807 g/mol. The first-order valence-corrected chi connectivity index (χ1v) is 25.4. The largest absolute Gasteiger partial charge is 0.462 e. The van der Waals surface area contributed by atoms with Gasteiger partial charge in [-0.1, -0.05) is 246 Å². The molecule has 6 nitrogen and oxygen atoms in total. The molecule has 0 aromatic heterocycles. The molecule has 0 aliphatic rings. The van der Waals surface area contributed by atoms with Crippen LogP contribution in [0.3, 0.4) is 0 Å². The molecule has 0 aromatic rings. The molecule has 0 aliphatic carbocycles. The smallest absolute Gasteiger partial charge is 0.306 e. The Balaban J connectivity index is 4.10. The van der Waals surface area contributed by atoms with Crippen molar-refractivity contribution in [1.82, 2.24) is 0 Å². The van der Waals surface area contributed by atoms with E-state index in [0.717, 1.165) is 70.1 Å². The fourth-order valence-electron chi connectivity index (χ4n) is 7.69. The molecule has 0 heterocycles. The molecular formula is C51H98O6. The number of rotatable bonds is 46. The van der Waals surface area contributed by atoms with Gasteiger partial charge in [0.05, 0.1) is 0 Å². The molecule has 0 aromatic carbocycles. The lowest BCUT2D eigenvalue weighted by molar-refractivity contribution is -0.167. The maximum Gasteiger partial charge on any atom is 0.306 e. The van der Waals surface area contributed by atoms with Gasteiger partial charge >= 0.3 is 17.9 Å². The van der Waals surface area contributed by atoms with Gasteiger partial charge in [-0.15, -0.1) is 0 Å². The molecule has 0 N–H and O–H groups in total. The van der Waals surface area contributed by atoms with Gasteiger partial charge in [-0.2, -0.15) is 0 Å². The summed E-state index contributed by atoms with van der Waals surface area (Å²) in [6.45, 7) is 8.96. The number of ether oxygens (including phenoxy) is 3. The topological polar surface area (TPSA) is 78.9 Å². The van der Waals surface area contributed by atoms with Crippen molar-refractivity contribution in [1.29, 1.82) is 0 Å². The number of carbonyl (C=O) groups excluding carboxylic acids is 3. The van der Waals surface area contributed by atoms with Crippen molar-refractivity contribution in [2.24, 2.45) is 5.92 Å². The third-order valence-electron chi connectivity index (χ3n) is 11.5. The van der Waals surface area contributed by atoms with Gasteiger partial charge in [-0.05, 0) is 25.2 Å². The second-order valence-corrected chi connectivity index (χ2v) is 17.9. The van der Waals surface area contributed by atoms with Crippen LogP contribution < -0.4 is 0 Å². The standard InChI is InChI=1S/C51H98O6/c1-5-7-9-11-12-13-14-15-16-19-23-26-29-32-36-40-44-51(54)57-48(45-55-49(52)42-38-33-10-8-6-2)46-56-50(53)43-39-35-31-28-25-22-20-17-18-21-24-27-30-34-37-41-47(3)4/h47-48H,5-46H2,1-4H3/t48-/m1/s1. The average Bonchev–Trinajstić information content (AvgIpc) is 3.19. The van der Waals surface area contributed by atoms with E-state index in [1.807, 2.05) is 0 Å². The molecule has 338 valence electrons. The van der Waals surface area contributed by atoms with Crippen LogP contribution in [0.2, 0.25) is 0 Å². The molecule has 6 heteroatoms. The van der Waals surface area contributed by atoms with Crippen LogP contribution in [-0.4, -0.2) is 37.2 Å². The maximum atomic E-state index is 12.7. The van der Waals surface area contributed by atoms with Crippen molar-refractivity contribution in [3.63, 3.8) is 0 Å². The molecule has 1 atom stereocenters. The predicted molar refractivity (Wildman–Crippen MR) is 243 cm³/mol. The second-order valence-electron chi connectivity index (χ2n) is 17.9. The first-order valence-electron chi connectivity index (χ1n) is 25.4. The maximum absolute atomic E-state index is 12.7. The Morgan fingerprint density at radius 3 is 0.860 bits per heavy atom. The second kappa shape index (κ2) is 45.5. The first kappa shape index (κ1) is 55.4. The highest BCUT2D eigenvalue weighted by atomic mass is 16.6. The van der Waals surface area contributed by atoms with Crippen LogP contribution in [0, 0.1) is 5.92 Å². The van der Waals surface area contributed by atoms with Gasteiger partial charge in [0.2, 0.25) is 0 Å². The van der Waals surface area contributed by atoms with E-state index in [2.05, 4.69) is 27.7 Å². The molecule has 0 saturated carbocycles. The van der Waals surface area contributed by atoms with Crippen molar-refractivity contribution < 1.29 is 28.6 Å². The minimum Gasteiger partial charge on any atom is -0.462 e. The van der Waals surface area contributed by atoms with Crippen molar-refractivity contribution in [3.05, 3.63) is 0 Å². The SMILES string of the molecule is CCCCCCCCCCCCCCCCCCC(=O)O[C@H](COC(=O)CCCCCCC)COC(=O)CCCCCCCCCCCCCCCCCC(C)C. The third-order valence-corrected chi connectivity index (χ3v) is 11.5. The summed E-state index contributed by atoms with van der Waals surface area (Å²) in [4.78, 5) is 37.6. The zero-order chi connectivity index (χ0) is 41.7. The van der Waals surface area contributed by atoms with Crippen molar-refractivity contribution in [2.45, 2.75) is 291 Å². The van der Waals surface area contributed by atoms with E-state index in [-0.39, 0.29) is 31.1 Å². The highest BCUT2D eigenvalue weighted by Gasteiger charge is 2.19. The van der Waals surface area contributed by atoms with E-state index in [9.17, 15) is 14.4 Å². The summed E-state index contributed by atoms with van der Waals surface area (Å²) < 4.78 is 16.7. The summed E-state index contributed by atoms with van der Waals surface area (Å²) in [5.74, 6) is -0.0109. The minimum atomic E-state index is -0.758. The normalized spacial score (nSPS) is 11.9. The lowest BCUT2D eigenvalue weighted by Gasteiger charge is -2.18. The molecule has 0 saturated heterocycles. The Bertz CT molecular complexity index is 857. The zero-order valence-electron chi connectivity index (χ0n) is 38.8. The lowest BCUT2D eigenvalue weighted by atomic mass is 10.0. The van der Waals surface area contributed by atoms with Gasteiger partial charge in [0.25, 0.3) is 0 Å². The van der Waals surface area contributed by atoms with Crippen LogP contribution in [0.4, 0.5) is 0 Å². The summed E-state index contributed by atoms with van der Waals surface area (Å²) in [5, 5.41) is 0. The van der Waals surface area contributed by atoms with E-state index in [1.165, 1.54) is 173 Å². The van der Waals surface area contributed by atoms with Crippen molar-refractivity contribution >= 4 is 17.9 Å². The Morgan fingerprint density at radius 2 is 0.579 bits per heavy atom. The zero-order valence-corrected chi connectivity index (χ0v) is 38.8. The molecular weight excluding hydrogens is 709 g/mol. The third kappa shape index (κ3) is 45.3. The fraction of sp³-hybridized carbons (Fsp3) is 0.941. The molecule has 0 aliphatic heterocycles. The summed E-state index contributed by atoms with van der Waals surface area (Å²) in [6.07, 6.45) is 46.9. The highest BCUT2D eigenvalue weighted by molar-refractivity contribution is 5.71. The predicted octanol–water partition coefficient (Wildman–Crippen LogP) is 16.3. The monoisotopic (exact) mass is 807 g/mol. The molecule has 0 unspecified atom stereocenters. The van der Waals surface area contributed by atoms with E-state index in [1.54, 1.807) is 0 Å². The van der Waals surface area contributed by atoms with Crippen molar-refractivity contribution in [2.75, 3.05) is 13.2 Å². The minimum absolute atomic E-state index is 0.0639. The van der Waals surface area contributed by atoms with Crippen LogP contribution in [0.15, 0.2) is 0 Å². The van der Waals surface area contributed by atoms with E-state index in [4.69, 9.17) is 14.2 Å². The number of hydrogen-bond donors (Lipinski definition) is 0. The molecule has 0 spiro atoms. The molecule has 0 radical (unpaired) electrons. The number of carbonyl (C=O) groups is 3. The number of unbranched alkanes of at least 4 members (excludes halogenated alkanes) is 33. The number of esters is 3. The van der Waals surface area contributed by atoms with E-state index in [0.29, 0.717) is 19.3 Å². The molecule has 0 fully saturated rings. The van der Waals surface area contributed by atoms with E-state index >= 15 is 0 Å². The summed E-state index contributed by atoms with van der Waals surface area (Å²) >= 11 is 0. The Kier molecular flexibility index (Phi) is 44.2. The van der Waals surface area contributed by atoms with Crippen LogP contribution in [-0.2, 0) is 28.6 Å². The first-order chi connectivity index (χ1) is 27.9. The van der Waals surface area contributed by atoms with Crippen LogP contribution in [0.1, 0.15) is 285 Å². The Labute approximate surface area is 355 Å². The van der Waals surface area contributed by atoms with Crippen LogP contribution in [0.5, 0.6) is 0 Å². The van der Waals surface area contributed by atoms with Gasteiger partial charge in [0.1, 0.15) is 13.2 Å². The fourth-order valence-corrected chi connectivity index (χ4v) is 7.69.